The molecule has 14 heavy (non-hydrogen) atoms. The molecule has 1 rings (SSSR count). The molecule has 0 aromatic rings. The summed E-state index contributed by atoms with van der Waals surface area (Å²) in [6.07, 6.45) is 0. The minimum Gasteiger partial charge on any atom is -0.462 e. The first-order chi connectivity index (χ1) is 6.70. The minimum absolute atomic E-state index is 0.0480. The second-order valence-corrected chi connectivity index (χ2v) is 2.90. The van der Waals surface area contributed by atoms with Gasteiger partial charge in [-0.2, -0.15) is 5.26 Å². The van der Waals surface area contributed by atoms with Crippen LogP contribution in [-0.4, -0.2) is 37.6 Å². The van der Waals surface area contributed by atoms with Gasteiger partial charge in [0.2, 0.25) is 0 Å². The maximum atomic E-state index is 11.3. The van der Waals surface area contributed by atoms with Crippen LogP contribution >= 0.6 is 0 Å². The molecule has 1 aliphatic heterocycles. The van der Waals surface area contributed by atoms with Gasteiger partial charge in [-0.15, -0.1) is 0 Å². The molecule has 0 saturated carbocycles. The van der Waals surface area contributed by atoms with Crippen molar-refractivity contribution in [3.8, 4) is 6.07 Å². The predicted molar refractivity (Wildman–Crippen MR) is 49.9 cm³/mol. The summed E-state index contributed by atoms with van der Waals surface area (Å²) >= 11 is 0. The van der Waals surface area contributed by atoms with E-state index in [4.69, 9.17) is 10.00 Å². The van der Waals surface area contributed by atoms with Crippen molar-refractivity contribution in [2.45, 2.75) is 6.92 Å². The molecule has 1 fully saturated rings. The molecule has 1 saturated heterocycles. The van der Waals surface area contributed by atoms with Crippen LogP contribution in [0.25, 0.3) is 0 Å². The van der Waals surface area contributed by atoms with Gasteiger partial charge in [0.05, 0.1) is 6.61 Å². The van der Waals surface area contributed by atoms with Crippen LogP contribution in [0.2, 0.25) is 0 Å². The standard InChI is InChI=1S/C9H13N3O2/c1-3-14-9(13)7(6-10)8-11-4-5-12(8)2/h11H,3-5H2,1-2H3/b8-7+. The second kappa shape index (κ2) is 4.51. The molecule has 1 heterocycles. The number of nitrogens with one attached hydrogen (secondary N) is 1. The molecule has 0 spiro atoms. The van der Waals surface area contributed by atoms with Crippen molar-refractivity contribution in [3.05, 3.63) is 11.4 Å². The van der Waals surface area contributed by atoms with Crippen molar-refractivity contribution in [1.29, 1.82) is 5.26 Å². The Morgan fingerprint density at radius 1 is 1.79 bits per heavy atom. The third-order valence-electron chi connectivity index (χ3n) is 1.95. The van der Waals surface area contributed by atoms with Gasteiger partial charge in [0.25, 0.3) is 0 Å². The lowest BCUT2D eigenvalue weighted by Gasteiger charge is -2.12. The van der Waals surface area contributed by atoms with E-state index >= 15 is 0 Å². The molecular formula is C9H13N3O2. The summed E-state index contributed by atoms with van der Waals surface area (Å²) in [5.74, 6) is -0.00259. The van der Waals surface area contributed by atoms with Gasteiger partial charge in [-0.1, -0.05) is 0 Å². The Balaban J connectivity index is 2.90. The Morgan fingerprint density at radius 2 is 2.50 bits per heavy atom. The molecule has 5 heteroatoms. The number of hydrogen-bond acceptors (Lipinski definition) is 5. The molecule has 0 bridgehead atoms. The summed E-state index contributed by atoms with van der Waals surface area (Å²) in [5, 5.41) is 11.8. The lowest BCUT2D eigenvalue weighted by Crippen LogP contribution is -2.21. The number of ether oxygens (including phenoxy) is 1. The van der Waals surface area contributed by atoms with E-state index < -0.39 is 5.97 Å². The Kier molecular flexibility index (Phi) is 3.35. The summed E-state index contributed by atoms with van der Waals surface area (Å²) in [6.45, 7) is 3.53. The van der Waals surface area contributed by atoms with E-state index in [0.717, 1.165) is 13.1 Å². The van der Waals surface area contributed by atoms with E-state index in [9.17, 15) is 4.79 Å². The molecule has 0 aromatic heterocycles. The fourth-order valence-electron chi connectivity index (χ4n) is 1.27. The number of likely N-dealkylation sites (N-methyl/N-ethyl adjacent to an activating group) is 1. The average Bonchev–Trinajstić information content (AvgIpc) is 2.54. The highest BCUT2D eigenvalue weighted by Gasteiger charge is 2.22. The van der Waals surface area contributed by atoms with Crippen molar-refractivity contribution in [3.63, 3.8) is 0 Å². The average molecular weight is 195 g/mol. The van der Waals surface area contributed by atoms with E-state index in [-0.39, 0.29) is 12.2 Å². The lowest BCUT2D eigenvalue weighted by molar-refractivity contribution is -0.138. The van der Waals surface area contributed by atoms with Crippen molar-refractivity contribution in [2.75, 3.05) is 26.7 Å². The highest BCUT2D eigenvalue weighted by molar-refractivity contribution is 5.93. The molecule has 1 aliphatic rings. The number of rotatable bonds is 2. The highest BCUT2D eigenvalue weighted by atomic mass is 16.5. The first kappa shape index (κ1) is 10.4. The van der Waals surface area contributed by atoms with Crippen LogP contribution in [0.15, 0.2) is 11.4 Å². The number of esters is 1. The summed E-state index contributed by atoms with van der Waals surface area (Å²) in [6, 6.07) is 1.86. The van der Waals surface area contributed by atoms with Gasteiger partial charge >= 0.3 is 5.97 Å². The zero-order valence-corrected chi connectivity index (χ0v) is 8.33. The van der Waals surface area contributed by atoms with Crippen molar-refractivity contribution >= 4 is 5.97 Å². The van der Waals surface area contributed by atoms with Crippen LogP contribution < -0.4 is 5.32 Å². The van der Waals surface area contributed by atoms with Gasteiger partial charge in [0.1, 0.15) is 11.9 Å². The molecule has 0 atom stereocenters. The van der Waals surface area contributed by atoms with Crippen LogP contribution in [0.1, 0.15) is 6.92 Å². The first-order valence-corrected chi connectivity index (χ1v) is 4.47. The molecule has 0 unspecified atom stereocenters. The zero-order valence-electron chi connectivity index (χ0n) is 8.33. The van der Waals surface area contributed by atoms with Crippen molar-refractivity contribution in [1.82, 2.24) is 10.2 Å². The largest absolute Gasteiger partial charge is 0.462 e. The van der Waals surface area contributed by atoms with E-state index in [1.165, 1.54) is 0 Å². The number of carbonyl (C=O) groups excluding carboxylic acids is 1. The summed E-state index contributed by atoms with van der Waals surface area (Å²) in [5.41, 5.74) is 0.0480. The zero-order chi connectivity index (χ0) is 10.6. The summed E-state index contributed by atoms with van der Waals surface area (Å²) in [7, 11) is 1.83. The van der Waals surface area contributed by atoms with E-state index in [1.807, 2.05) is 18.0 Å². The van der Waals surface area contributed by atoms with E-state index in [1.54, 1.807) is 6.92 Å². The van der Waals surface area contributed by atoms with Gasteiger partial charge in [0.15, 0.2) is 5.57 Å². The third-order valence-corrected chi connectivity index (χ3v) is 1.95. The van der Waals surface area contributed by atoms with Crippen molar-refractivity contribution in [2.24, 2.45) is 0 Å². The van der Waals surface area contributed by atoms with Crippen LogP contribution in [0.5, 0.6) is 0 Å². The van der Waals surface area contributed by atoms with E-state index in [2.05, 4.69) is 5.32 Å². The predicted octanol–water partition coefficient (Wildman–Crippen LogP) is -0.180. The number of carbonyl (C=O) groups is 1. The smallest absolute Gasteiger partial charge is 0.352 e. The molecule has 0 aliphatic carbocycles. The van der Waals surface area contributed by atoms with Crippen molar-refractivity contribution < 1.29 is 9.53 Å². The Labute approximate surface area is 82.9 Å². The Bertz CT molecular complexity index is 304. The maximum Gasteiger partial charge on any atom is 0.352 e. The van der Waals surface area contributed by atoms with Crippen LogP contribution in [0.4, 0.5) is 0 Å². The van der Waals surface area contributed by atoms with Gasteiger partial charge in [0, 0.05) is 20.1 Å². The number of nitrogens with zero attached hydrogens (tertiary/aromatic N) is 2. The molecular weight excluding hydrogens is 182 g/mol. The van der Waals surface area contributed by atoms with E-state index in [0.29, 0.717) is 5.82 Å². The molecule has 5 nitrogen and oxygen atoms in total. The lowest BCUT2D eigenvalue weighted by atomic mass is 10.3. The van der Waals surface area contributed by atoms with Crippen LogP contribution in [0.3, 0.4) is 0 Å². The summed E-state index contributed by atoms with van der Waals surface area (Å²) < 4.78 is 4.77. The number of nitriles is 1. The first-order valence-electron chi connectivity index (χ1n) is 4.47. The fraction of sp³-hybridized carbons (Fsp3) is 0.556. The highest BCUT2D eigenvalue weighted by Crippen LogP contribution is 2.10. The van der Waals surface area contributed by atoms with Gasteiger partial charge < -0.3 is 15.0 Å². The molecule has 0 amide bonds. The monoisotopic (exact) mass is 195 g/mol. The SMILES string of the molecule is CCOC(=O)/C(C#N)=C1\NCCN1C. The van der Waals surface area contributed by atoms with Crippen LogP contribution in [-0.2, 0) is 9.53 Å². The quantitative estimate of drug-likeness (QED) is 0.376. The fourth-order valence-corrected chi connectivity index (χ4v) is 1.27. The molecule has 0 aromatic carbocycles. The minimum atomic E-state index is -0.564. The normalized spacial score (nSPS) is 18.5. The summed E-state index contributed by atoms with van der Waals surface area (Å²) in [4.78, 5) is 13.2. The van der Waals surface area contributed by atoms with Crippen LogP contribution in [0, 0.1) is 11.3 Å². The second-order valence-electron chi connectivity index (χ2n) is 2.90. The van der Waals surface area contributed by atoms with Gasteiger partial charge in [-0.05, 0) is 6.92 Å². The maximum absolute atomic E-state index is 11.3. The topological polar surface area (TPSA) is 65.4 Å². The van der Waals surface area contributed by atoms with Gasteiger partial charge in [-0.25, -0.2) is 4.79 Å². The molecule has 0 radical (unpaired) electrons. The Hall–Kier alpha value is -1.70. The Morgan fingerprint density at radius 3 is 2.93 bits per heavy atom. The third kappa shape index (κ3) is 1.96. The molecule has 1 N–H and O–H groups in total. The number of hydrogen-bond donors (Lipinski definition) is 1. The molecule has 76 valence electrons. The van der Waals surface area contributed by atoms with Gasteiger partial charge in [-0.3, -0.25) is 0 Å².